The summed E-state index contributed by atoms with van der Waals surface area (Å²) in [6, 6.07) is 8.31. The number of pyridine rings is 1. The average molecular weight is 272 g/mol. The Morgan fingerprint density at radius 1 is 1.30 bits per heavy atom. The normalized spacial score (nSPS) is 12.1. The van der Waals surface area contributed by atoms with Gasteiger partial charge in [0.2, 0.25) is 0 Å². The smallest absolute Gasteiger partial charge is 0.326 e. The number of hydrogen-bond donors (Lipinski definition) is 2. The highest BCUT2D eigenvalue weighted by atomic mass is 16.4. The minimum atomic E-state index is -1.03. The Hall–Kier alpha value is -2.43. The first-order valence-corrected chi connectivity index (χ1v) is 6.51. The van der Waals surface area contributed by atoms with Crippen molar-refractivity contribution in [3.8, 4) is 0 Å². The summed E-state index contributed by atoms with van der Waals surface area (Å²) in [5.74, 6) is -1.48. The molecule has 0 aliphatic carbocycles. The molecule has 5 heteroatoms. The zero-order valence-corrected chi connectivity index (χ0v) is 11.2. The Morgan fingerprint density at radius 3 is 2.75 bits per heavy atom. The molecule has 1 aromatic heterocycles. The number of rotatable bonds is 5. The van der Waals surface area contributed by atoms with Gasteiger partial charge in [-0.2, -0.15) is 0 Å². The van der Waals surface area contributed by atoms with Crippen LogP contribution in [0.15, 0.2) is 36.5 Å². The van der Waals surface area contributed by atoms with Gasteiger partial charge in [-0.25, -0.2) is 4.79 Å². The molecular formula is C15H16N2O3. The molecule has 104 valence electrons. The van der Waals surface area contributed by atoms with Crippen LogP contribution in [-0.4, -0.2) is 28.0 Å². The molecule has 2 aromatic rings. The molecule has 1 aromatic carbocycles. The highest BCUT2D eigenvalue weighted by molar-refractivity contribution is 6.06. The minimum Gasteiger partial charge on any atom is -0.480 e. The van der Waals surface area contributed by atoms with Crippen molar-refractivity contribution < 1.29 is 14.7 Å². The number of nitrogens with one attached hydrogen (secondary N) is 1. The standard InChI is InChI=1S/C15H16N2O3/c1-2-5-12(15(19)20)17-14(18)13-11-7-4-3-6-10(11)8-9-16-13/h3-4,6-9,12H,2,5H2,1H3,(H,17,18)(H,19,20). The van der Waals surface area contributed by atoms with Gasteiger partial charge >= 0.3 is 5.97 Å². The molecule has 0 radical (unpaired) electrons. The number of amides is 1. The Balaban J connectivity index is 2.29. The molecule has 0 aliphatic rings. The molecule has 0 bridgehead atoms. The fraction of sp³-hybridized carbons (Fsp3) is 0.267. The summed E-state index contributed by atoms with van der Waals surface area (Å²) in [4.78, 5) is 27.4. The quantitative estimate of drug-likeness (QED) is 0.874. The van der Waals surface area contributed by atoms with Crippen molar-refractivity contribution in [3.05, 3.63) is 42.2 Å². The molecule has 0 aliphatic heterocycles. The van der Waals surface area contributed by atoms with E-state index < -0.39 is 17.9 Å². The van der Waals surface area contributed by atoms with E-state index in [-0.39, 0.29) is 5.69 Å². The maximum absolute atomic E-state index is 12.2. The number of carboxylic acid groups (broad SMARTS) is 1. The molecule has 0 spiro atoms. The van der Waals surface area contributed by atoms with Crippen molar-refractivity contribution in [2.24, 2.45) is 0 Å². The summed E-state index contributed by atoms with van der Waals surface area (Å²) < 4.78 is 0. The number of carbonyl (C=O) groups is 2. The van der Waals surface area contributed by atoms with Crippen LogP contribution in [0.4, 0.5) is 0 Å². The summed E-state index contributed by atoms with van der Waals surface area (Å²) >= 11 is 0. The van der Waals surface area contributed by atoms with Crippen LogP contribution in [0, 0.1) is 0 Å². The highest BCUT2D eigenvalue weighted by Gasteiger charge is 2.21. The van der Waals surface area contributed by atoms with Gasteiger partial charge in [-0.15, -0.1) is 0 Å². The van der Waals surface area contributed by atoms with Crippen LogP contribution in [0.3, 0.4) is 0 Å². The summed E-state index contributed by atoms with van der Waals surface area (Å²) in [6.07, 6.45) is 2.62. The predicted molar refractivity (Wildman–Crippen MR) is 75.5 cm³/mol. The SMILES string of the molecule is CCCC(NC(=O)c1nccc2ccccc12)C(=O)O. The first-order valence-electron chi connectivity index (χ1n) is 6.51. The van der Waals surface area contributed by atoms with Crippen LogP contribution >= 0.6 is 0 Å². The molecular weight excluding hydrogens is 256 g/mol. The molecule has 1 unspecified atom stereocenters. The highest BCUT2D eigenvalue weighted by Crippen LogP contribution is 2.16. The van der Waals surface area contributed by atoms with Gasteiger partial charge in [0.05, 0.1) is 0 Å². The van der Waals surface area contributed by atoms with Gasteiger partial charge in [-0.1, -0.05) is 37.6 Å². The van der Waals surface area contributed by atoms with Crippen LogP contribution in [0.1, 0.15) is 30.3 Å². The lowest BCUT2D eigenvalue weighted by Crippen LogP contribution is -2.41. The minimum absolute atomic E-state index is 0.255. The van der Waals surface area contributed by atoms with Crippen LogP contribution in [0.25, 0.3) is 10.8 Å². The van der Waals surface area contributed by atoms with Crippen LogP contribution in [0.2, 0.25) is 0 Å². The van der Waals surface area contributed by atoms with E-state index in [1.54, 1.807) is 12.3 Å². The van der Waals surface area contributed by atoms with E-state index in [0.717, 1.165) is 5.39 Å². The maximum atomic E-state index is 12.2. The number of nitrogens with zero attached hydrogens (tertiary/aromatic N) is 1. The predicted octanol–water partition coefficient (Wildman–Crippen LogP) is 2.22. The lowest BCUT2D eigenvalue weighted by Gasteiger charge is -2.13. The number of carbonyl (C=O) groups excluding carboxylic acids is 1. The third-order valence-corrected chi connectivity index (χ3v) is 3.07. The van der Waals surface area contributed by atoms with Crippen molar-refractivity contribution in [2.75, 3.05) is 0 Å². The molecule has 0 fully saturated rings. The number of aliphatic carboxylic acids is 1. The largest absolute Gasteiger partial charge is 0.480 e. The Morgan fingerprint density at radius 2 is 2.05 bits per heavy atom. The van der Waals surface area contributed by atoms with E-state index in [4.69, 9.17) is 5.11 Å². The van der Waals surface area contributed by atoms with Gasteiger partial charge in [0, 0.05) is 11.6 Å². The second-order valence-corrected chi connectivity index (χ2v) is 4.53. The molecule has 20 heavy (non-hydrogen) atoms. The Labute approximate surface area is 116 Å². The molecule has 2 rings (SSSR count). The van der Waals surface area contributed by atoms with Gasteiger partial charge in [-0.05, 0) is 17.9 Å². The van der Waals surface area contributed by atoms with Crippen molar-refractivity contribution in [2.45, 2.75) is 25.8 Å². The Kier molecular flexibility index (Phi) is 4.30. The second-order valence-electron chi connectivity index (χ2n) is 4.53. The Bertz CT molecular complexity index is 635. The number of fused-ring (bicyclic) bond motifs is 1. The summed E-state index contributed by atoms with van der Waals surface area (Å²) in [5, 5.41) is 13.2. The molecule has 1 atom stereocenters. The third kappa shape index (κ3) is 2.93. The van der Waals surface area contributed by atoms with Gasteiger partial charge in [-0.3, -0.25) is 9.78 Å². The molecule has 2 N–H and O–H groups in total. The van der Waals surface area contributed by atoms with E-state index in [0.29, 0.717) is 18.2 Å². The first-order chi connectivity index (χ1) is 9.63. The molecule has 0 saturated heterocycles. The van der Waals surface area contributed by atoms with E-state index in [9.17, 15) is 9.59 Å². The summed E-state index contributed by atoms with van der Waals surface area (Å²) in [5.41, 5.74) is 0.255. The maximum Gasteiger partial charge on any atom is 0.326 e. The summed E-state index contributed by atoms with van der Waals surface area (Å²) in [6.45, 7) is 1.87. The van der Waals surface area contributed by atoms with Gasteiger partial charge in [0.15, 0.2) is 0 Å². The van der Waals surface area contributed by atoms with Crippen LogP contribution < -0.4 is 5.32 Å². The number of aromatic nitrogens is 1. The first kappa shape index (κ1) is 14.0. The van der Waals surface area contributed by atoms with E-state index >= 15 is 0 Å². The topological polar surface area (TPSA) is 79.3 Å². The van der Waals surface area contributed by atoms with E-state index in [2.05, 4.69) is 10.3 Å². The zero-order chi connectivity index (χ0) is 14.5. The second kappa shape index (κ2) is 6.14. The van der Waals surface area contributed by atoms with Crippen LogP contribution in [0.5, 0.6) is 0 Å². The third-order valence-electron chi connectivity index (χ3n) is 3.07. The lowest BCUT2D eigenvalue weighted by atomic mass is 10.1. The number of hydrogen-bond acceptors (Lipinski definition) is 3. The van der Waals surface area contributed by atoms with Gasteiger partial charge in [0.25, 0.3) is 5.91 Å². The van der Waals surface area contributed by atoms with Gasteiger partial charge in [0.1, 0.15) is 11.7 Å². The average Bonchev–Trinajstić information content (AvgIpc) is 2.46. The lowest BCUT2D eigenvalue weighted by molar-refractivity contribution is -0.139. The monoisotopic (exact) mass is 272 g/mol. The fourth-order valence-electron chi connectivity index (χ4n) is 2.07. The molecule has 0 saturated carbocycles. The fourth-order valence-corrected chi connectivity index (χ4v) is 2.07. The van der Waals surface area contributed by atoms with Crippen molar-refractivity contribution >= 4 is 22.6 Å². The van der Waals surface area contributed by atoms with Crippen molar-refractivity contribution in [1.82, 2.24) is 10.3 Å². The van der Waals surface area contributed by atoms with Crippen molar-refractivity contribution in [3.63, 3.8) is 0 Å². The van der Waals surface area contributed by atoms with Crippen molar-refractivity contribution in [1.29, 1.82) is 0 Å². The van der Waals surface area contributed by atoms with E-state index in [1.165, 1.54) is 0 Å². The van der Waals surface area contributed by atoms with E-state index in [1.807, 2.05) is 31.2 Å². The molecule has 5 nitrogen and oxygen atoms in total. The number of benzene rings is 1. The van der Waals surface area contributed by atoms with Gasteiger partial charge < -0.3 is 10.4 Å². The molecule has 1 amide bonds. The number of carboxylic acids is 1. The summed E-state index contributed by atoms with van der Waals surface area (Å²) in [7, 11) is 0. The molecule has 1 heterocycles. The van der Waals surface area contributed by atoms with Crippen LogP contribution in [-0.2, 0) is 4.79 Å². The zero-order valence-electron chi connectivity index (χ0n) is 11.2.